The van der Waals surface area contributed by atoms with Crippen LogP contribution in [0.1, 0.15) is 18.1 Å². The molecule has 2 N–H and O–H groups in total. The highest BCUT2D eigenvalue weighted by Crippen LogP contribution is 2.17. The molecule has 0 aliphatic heterocycles. The van der Waals surface area contributed by atoms with Gasteiger partial charge in [0.2, 0.25) is 0 Å². The fourth-order valence-corrected chi connectivity index (χ4v) is 2.02. The highest BCUT2D eigenvalue weighted by Gasteiger charge is 2.26. The van der Waals surface area contributed by atoms with Gasteiger partial charge in [0.1, 0.15) is 6.04 Å². The Morgan fingerprint density at radius 1 is 1.40 bits per heavy atom. The lowest BCUT2D eigenvalue weighted by Gasteiger charge is -2.19. The summed E-state index contributed by atoms with van der Waals surface area (Å²) in [7, 11) is 1.40. The molecule has 0 fully saturated rings. The number of carboxylic acids is 1. The average Bonchev–Trinajstić information content (AvgIpc) is 2.39. The van der Waals surface area contributed by atoms with Gasteiger partial charge in [0.15, 0.2) is 6.10 Å². The number of carboxylic acid groups (broad SMARTS) is 1. The summed E-state index contributed by atoms with van der Waals surface area (Å²) in [5.74, 6) is -1.62. The number of rotatable bonds is 7. The van der Waals surface area contributed by atoms with Crippen LogP contribution in [-0.2, 0) is 14.3 Å². The Morgan fingerprint density at radius 2 is 2.00 bits per heavy atom. The predicted molar refractivity (Wildman–Crippen MR) is 78.4 cm³/mol. The molecule has 1 amide bonds. The standard InChI is InChI=1S/C14H16BrNO4/c1-9(15)8-11(14(18)19)16-13(17)12(20-2)10-6-4-3-5-7-10/h3-7,11-12H,1,8H2,2H3,(H,16,17)(H,18,19)/t11-,12-/m1/s1. The van der Waals surface area contributed by atoms with E-state index in [1.165, 1.54) is 7.11 Å². The van der Waals surface area contributed by atoms with Crippen molar-refractivity contribution in [3.63, 3.8) is 0 Å². The maximum absolute atomic E-state index is 12.1. The van der Waals surface area contributed by atoms with Gasteiger partial charge in [-0.3, -0.25) is 4.79 Å². The van der Waals surface area contributed by atoms with Crippen molar-refractivity contribution in [1.29, 1.82) is 0 Å². The molecule has 0 saturated heterocycles. The molecule has 0 radical (unpaired) electrons. The quantitative estimate of drug-likeness (QED) is 0.797. The first-order chi connectivity index (χ1) is 9.45. The van der Waals surface area contributed by atoms with Gasteiger partial charge in [0.25, 0.3) is 5.91 Å². The highest BCUT2D eigenvalue weighted by atomic mass is 79.9. The Labute approximate surface area is 125 Å². The van der Waals surface area contributed by atoms with E-state index in [-0.39, 0.29) is 6.42 Å². The molecular weight excluding hydrogens is 326 g/mol. The van der Waals surface area contributed by atoms with Crippen molar-refractivity contribution < 1.29 is 19.4 Å². The van der Waals surface area contributed by atoms with E-state index >= 15 is 0 Å². The Balaban J connectivity index is 2.81. The summed E-state index contributed by atoms with van der Waals surface area (Å²) >= 11 is 3.09. The molecule has 0 bridgehead atoms. The minimum absolute atomic E-state index is 0.103. The lowest BCUT2D eigenvalue weighted by atomic mass is 10.1. The predicted octanol–water partition coefficient (Wildman–Crippen LogP) is 2.24. The molecule has 0 aromatic heterocycles. The van der Waals surface area contributed by atoms with Gasteiger partial charge in [-0.05, 0) is 10.0 Å². The molecule has 0 aliphatic rings. The van der Waals surface area contributed by atoms with Crippen molar-refractivity contribution in [3.8, 4) is 0 Å². The van der Waals surface area contributed by atoms with Crippen LogP contribution in [0, 0.1) is 0 Å². The molecule has 0 aliphatic carbocycles. The van der Waals surface area contributed by atoms with E-state index in [0.29, 0.717) is 10.0 Å². The summed E-state index contributed by atoms with van der Waals surface area (Å²) in [6, 6.07) is 7.83. The number of hydrogen-bond donors (Lipinski definition) is 2. The van der Waals surface area contributed by atoms with Crippen molar-refractivity contribution in [3.05, 3.63) is 47.0 Å². The zero-order valence-corrected chi connectivity index (χ0v) is 12.6. The smallest absolute Gasteiger partial charge is 0.326 e. The van der Waals surface area contributed by atoms with Gasteiger partial charge < -0.3 is 15.2 Å². The summed E-state index contributed by atoms with van der Waals surface area (Å²) in [5, 5.41) is 11.5. The molecule has 20 heavy (non-hydrogen) atoms. The number of benzene rings is 1. The SMILES string of the molecule is C=C(Br)C[C@@H](NC(=O)[C@H](OC)c1ccccc1)C(=O)O. The molecule has 1 aromatic carbocycles. The lowest BCUT2D eigenvalue weighted by Crippen LogP contribution is -2.43. The Bertz CT molecular complexity index is 489. The van der Waals surface area contributed by atoms with Crippen LogP contribution in [0.5, 0.6) is 0 Å². The number of carbonyl (C=O) groups is 2. The second-order valence-corrected chi connectivity index (χ2v) is 5.27. The minimum atomic E-state index is -1.12. The third-order valence-electron chi connectivity index (χ3n) is 2.62. The third kappa shape index (κ3) is 4.79. The summed E-state index contributed by atoms with van der Waals surface area (Å²) in [6.07, 6.45) is -0.742. The zero-order chi connectivity index (χ0) is 15.1. The number of halogens is 1. The topological polar surface area (TPSA) is 75.6 Å². The first-order valence-electron chi connectivity index (χ1n) is 5.90. The Morgan fingerprint density at radius 3 is 2.45 bits per heavy atom. The maximum Gasteiger partial charge on any atom is 0.326 e. The molecule has 0 unspecified atom stereocenters. The van der Waals surface area contributed by atoms with Crippen LogP contribution >= 0.6 is 15.9 Å². The molecule has 1 aromatic rings. The molecule has 108 valence electrons. The second-order valence-electron chi connectivity index (χ2n) is 4.15. The van der Waals surface area contributed by atoms with E-state index in [1.807, 2.05) is 6.07 Å². The first-order valence-corrected chi connectivity index (χ1v) is 6.69. The number of aliphatic carboxylic acids is 1. The van der Waals surface area contributed by atoms with Crippen LogP contribution < -0.4 is 5.32 Å². The number of ether oxygens (including phenoxy) is 1. The third-order valence-corrected chi connectivity index (χ3v) is 2.94. The monoisotopic (exact) mass is 341 g/mol. The van der Waals surface area contributed by atoms with Gasteiger partial charge in [0, 0.05) is 13.5 Å². The Hall–Kier alpha value is -1.66. The average molecular weight is 342 g/mol. The van der Waals surface area contributed by atoms with E-state index in [2.05, 4.69) is 27.8 Å². The molecule has 0 saturated carbocycles. The van der Waals surface area contributed by atoms with Crippen LogP contribution in [0.4, 0.5) is 0 Å². The van der Waals surface area contributed by atoms with Crippen LogP contribution in [0.2, 0.25) is 0 Å². The molecule has 0 spiro atoms. The van der Waals surface area contributed by atoms with Crippen LogP contribution in [-0.4, -0.2) is 30.1 Å². The molecule has 0 heterocycles. The largest absolute Gasteiger partial charge is 0.480 e. The van der Waals surface area contributed by atoms with Gasteiger partial charge in [0.05, 0.1) is 0 Å². The van der Waals surface area contributed by atoms with Crippen molar-refractivity contribution in [2.45, 2.75) is 18.6 Å². The summed E-state index contributed by atoms with van der Waals surface area (Å²) in [4.78, 5) is 23.2. The van der Waals surface area contributed by atoms with E-state index in [4.69, 9.17) is 9.84 Å². The van der Waals surface area contributed by atoms with Gasteiger partial charge >= 0.3 is 5.97 Å². The maximum atomic E-state index is 12.1. The fourth-order valence-electron chi connectivity index (χ4n) is 1.69. The van der Waals surface area contributed by atoms with Crippen LogP contribution in [0.25, 0.3) is 0 Å². The van der Waals surface area contributed by atoms with Crippen molar-refractivity contribution in [1.82, 2.24) is 5.32 Å². The van der Waals surface area contributed by atoms with E-state index in [0.717, 1.165) is 0 Å². The fraction of sp³-hybridized carbons (Fsp3) is 0.286. The van der Waals surface area contributed by atoms with E-state index in [1.54, 1.807) is 24.3 Å². The summed E-state index contributed by atoms with van der Waals surface area (Å²) in [6.45, 7) is 3.58. The number of hydrogen-bond acceptors (Lipinski definition) is 3. The molecule has 1 rings (SSSR count). The molecule has 6 heteroatoms. The van der Waals surface area contributed by atoms with Crippen LogP contribution in [0.3, 0.4) is 0 Å². The molecule has 5 nitrogen and oxygen atoms in total. The number of methoxy groups -OCH3 is 1. The van der Waals surface area contributed by atoms with Gasteiger partial charge in [-0.2, -0.15) is 0 Å². The van der Waals surface area contributed by atoms with Gasteiger partial charge in [-0.1, -0.05) is 52.8 Å². The summed E-state index contributed by atoms with van der Waals surface area (Å²) < 4.78 is 5.64. The molecular formula is C14H16BrNO4. The number of amides is 1. The zero-order valence-electron chi connectivity index (χ0n) is 11.0. The van der Waals surface area contributed by atoms with E-state index in [9.17, 15) is 9.59 Å². The van der Waals surface area contributed by atoms with Crippen molar-refractivity contribution in [2.75, 3.05) is 7.11 Å². The first kappa shape index (κ1) is 16.4. The van der Waals surface area contributed by atoms with Gasteiger partial charge in [-0.15, -0.1) is 0 Å². The van der Waals surface area contributed by atoms with Gasteiger partial charge in [-0.25, -0.2) is 4.79 Å². The molecule has 2 atom stereocenters. The van der Waals surface area contributed by atoms with Crippen molar-refractivity contribution >= 4 is 27.8 Å². The van der Waals surface area contributed by atoms with Crippen molar-refractivity contribution in [2.24, 2.45) is 0 Å². The lowest BCUT2D eigenvalue weighted by molar-refractivity contribution is -0.144. The summed E-state index contributed by atoms with van der Waals surface area (Å²) in [5.41, 5.74) is 0.661. The van der Waals surface area contributed by atoms with Crippen LogP contribution in [0.15, 0.2) is 41.4 Å². The minimum Gasteiger partial charge on any atom is -0.480 e. The highest BCUT2D eigenvalue weighted by molar-refractivity contribution is 9.11. The Kier molecular flexibility index (Phi) is 6.41. The number of nitrogens with one attached hydrogen (secondary N) is 1. The normalized spacial score (nSPS) is 13.3. The second kappa shape index (κ2) is 7.81. The van der Waals surface area contributed by atoms with E-state index < -0.39 is 24.0 Å². The number of carbonyl (C=O) groups excluding carboxylic acids is 1.